The molecule has 4 aromatic rings. The Hall–Kier alpha value is -3.58. The van der Waals surface area contributed by atoms with Crippen LogP contribution in [-0.4, -0.2) is 30.4 Å². The van der Waals surface area contributed by atoms with Crippen LogP contribution in [0.2, 0.25) is 0 Å². The maximum atomic E-state index is 13.2. The van der Waals surface area contributed by atoms with Crippen LogP contribution in [0.4, 0.5) is 4.79 Å². The second-order valence-electron chi connectivity index (χ2n) is 11.2. The molecule has 6 nitrogen and oxygen atoms in total. The molecular weight excluding hydrogens is 522 g/mol. The number of benzene rings is 3. The third-order valence-corrected chi connectivity index (χ3v) is 8.21. The van der Waals surface area contributed by atoms with Crippen LogP contribution in [0.3, 0.4) is 0 Å². The van der Waals surface area contributed by atoms with Crippen LogP contribution in [0.15, 0.2) is 54.6 Å². The summed E-state index contributed by atoms with van der Waals surface area (Å²) >= 11 is 1.48. The summed E-state index contributed by atoms with van der Waals surface area (Å²) in [5.74, 6) is 0.363. The van der Waals surface area contributed by atoms with Gasteiger partial charge in [0.1, 0.15) is 11.4 Å². The van der Waals surface area contributed by atoms with E-state index in [1.807, 2.05) is 32.9 Å². The Balaban J connectivity index is 1.64. The highest BCUT2D eigenvalue weighted by molar-refractivity contribution is 7.19. The van der Waals surface area contributed by atoms with Gasteiger partial charge in [0.2, 0.25) is 0 Å². The summed E-state index contributed by atoms with van der Waals surface area (Å²) in [7, 11) is 0. The van der Waals surface area contributed by atoms with Gasteiger partial charge in [0.25, 0.3) is 0 Å². The molecular formula is C33H37NO5S. The number of esters is 1. The normalized spacial score (nSPS) is 14.3. The molecule has 0 bridgehead atoms. The lowest BCUT2D eigenvalue weighted by Gasteiger charge is -2.25. The standard InChI is InChI=1S/C33H37NO5S/c1-5-37-31(35)30-26-18-27(38-22-14-7-6-8-15-22)25(24-17-11-13-21-12-9-10-16-23(21)24)19-28(26)40-29(30)20-34-32(36)39-33(2,3)4/h9-13,16-19,22H,5-8,14-15,20H2,1-4H3,(H,34,36). The number of hydrogen-bond donors (Lipinski definition) is 1. The summed E-state index contributed by atoms with van der Waals surface area (Å²) in [6, 6.07) is 18.8. The van der Waals surface area contributed by atoms with Crippen LogP contribution in [-0.2, 0) is 16.0 Å². The van der Waals surface area contributed by atoms with E-state index in [9.17, 15) is 9.59 Å². The van der Waals surface area contributed by atoms with Gasteiger partial charge in [-0.05, 0) is 81.8 Å². The van der Waals surface area contributed by atoms with E-state index in [1.54, 1.807) is 6.92 Å². The lowest BCUT2D eigenvalue weighted by molar-refractivity contribution is 0.0505. The zero-order valence-electron chi connectivity index (χ0n) is 23.7. The second-order valence-corrected chi connectivity index (χ2v) is 12.4. The molecule has 0 radical (unpaired) electrons. The van der Waals surface area contributed by atoms with Crippen molar-refractivity contribution in [2.75, 3.05) is 6.61 Å². The number of carbonyl (C=O) groups is 2. The minimum Gasteiger partial charge on any atom is -0.490 e. The molecule has 0 spiro atoms. The molecule has 1 aliphatic carbocycles. The Morgan fingerprint density at radius 3 is 2.45 bits per heavy atom. The molecule has 0 atom stereocenters. The van der Waals surface area contributed by atoms with Gasteiger partial charge in [-0.15, -0.1) is 11.3 Å². The first kappa shape index (κ1) is 28.0. The molecule has 3 aromatic carbocycles. The smallest absolute Gasteiger partial charge is 0.407 e. The zero-order valence-corrected chi connectivity index (χ0v) is 24.5. The van der Waals surface area contributed by atoms with Gasteiger partial charge in [0.05, 0.1) is 24.8 Å². The lowest BCUT2D eigenvalue weighted by Crippen LogP contribution is -2.32. The van der Waals surface area contributed by atoms with Crippen LogP contribution in [0, 0.1) is 0 Å². The average molecular weight is 560 g/mol. The van der Waals surface area contributed by atoms with Crippen molar-refractivity contribution in [2.45, 2.75) is 78.0 Å². The van der Waals surface area contributed by atoms with Crippen LogP contribution >= 0.6 is 11.3 Å². The maximum Gasteiger partial charge on any atom is 0.407 e. The Morgan fingerprint density at radius 2 is 1.70 bits per heavy atom. The minimum atomic E-state index is -0.618. The number of ether oxygens (including phenoxy) is 3. The van der Waals surface area contributed by atoms with Crippen molar-refractivity contribution < 1.29 is 23.8 Å². The zero-order chi connectivity index (χ0) is 28.3. The molecule has 1 aliphatic rings. The van der Waals surface area contributed by atoms with Gasteiger partial charge < -0.3 is 19.5 Å². The number of amides is 1. The Morgan fingerprint density at radius 1 is 0.950 bits per heavy atom. The summed E-state index contributed by atoms with van der Waals surface area (Å²) < 4.78 is 18.5. The molecule has 210 valence electrons. The second kappa shape index (κ2) is 11.9. The molecule has 1 saturated carbocycles. The molecule has 5 rings (SSSR count). The van der Waals surface area contributed by atoms with Crippen molar-refractivity contribution in [3.8, 4) is 16.9 Å². The fourth-order valence-corrected chi connectivity index (χ4v) is 6.48. The molecule has 0 saturated heterocycles. The van der Waals surface area contributed by atoms with E-state index in [4.69, 9.17) is 14.2 Å². The molecule has 1 N–H and O–H groups in total. The number of alkyl carbamates (subject to hydrolysis) is 1. The van der Waals surface area contributed by atoms with Crippen LogP contribution < -0.4 is 10.1 Å². The fourth-order valence-electron chi connectivity index (χ4n) is 5.32. The predicted octanol–water partition coefficient (Wildman–Crippen LogP) is 8.63. The van der Waals surface area contributed by atoms with Gasteiger partial charge in [0.15, 0.2) is 0 Å². The molecule has 1 heterocycles. The quantitative estimate of drug-likeness (QED) is 0.229. The Bertz CT molecular complexity index is 1520. The van der Waals surface area contributed by atoms with E-state index >= 15 is 0 Å². The summed E-state index contributed by atoms with van der Waals surface area (Å²) in [4.78, 5) is 26.4. The average Bonchev–Trinajstić information content (AvgIpc) is 3.28. The van der Waals surface area contributed by atoms with Gasteiger partial charge in [-0.3, -0.25) is 0 Å². The van der Waals surface area contributed by atoms with Crippen molar-refractivity contribution >= 4 is 44.3 Å². The number of fused-ring (bicyclic) bond motifs is 2. The molecule has 40 heavy (non-hydrogen) atoms. The highest BCUT2D eigenvalue weighted by Crippen LogP contribution is 2.43. The van der Waals surface area contributed by atoms with Crippen LogP contribution in [0.5, 0.6) is 5.75 Å². The van der Waals surface area contributed by atoms with Crippen molar-refractivity contribution in [3.05, 3.63) is 65.0 Å². The third-order valence-electron chi connectivity index (χ3n) is 7.06. The van der Waals surface area contributed by atoms with Gasteiger partial charge >= 0.3 is 12.1 Å². The Labute approximate surface area is 239 Å². The van der Waals surface area contributed by atoms with E-state index in [0.717, 1.165) is 68.3 Å². The van der Waals surface area contributed by atoms with Crippen molar-refractivity contribution in [1.82, 2.24) is 5.32 Å². The molecule has 1 fully saturated rings. The number of hydrogen-bond acceptors (Lipinski definition) is 6. The number of carbonyl (C=O) groups excluding carboxylic acids is 2. The molecule has 1 aromatic heterocycles. The third kappa shape index (κ3) is 6.25. The Kier molecular flexibility index (Phi) is 8.31. The highest BCUT2D eigenvalue weighted by atomic mass is 32.1. The molecule has 7 heteroatoms. The van der Waals surface area contributed by atoms with E-state index < -0.39 is 17.7 Å². The van der Waals surface area contributed by atoms with E-state index in [-0.39, 0.29) is 19.3 Å². The topological polar surface area (TPSA) is 73.9 Å². The van der Waals surface area contributed by atoms with E-state index in [2.05, 4.69) is 47.8 Å². The van der Waals surface area contributed by atoms with Gasteiger partial charge in [-0.25, -0.2) is 9.59 Å². The first-order chi connectivity index (χ1) is 19.2. The van der Waals surface area contributed by atoms with Gasteiger partial charge in [0, 0.05) is 20.5 Å². The monoisotopic (exact) mass is 559 g/mol. The predicted molar refractivity (Wildman–Crippen MR) is 161 cm³/mol. The molecule has 1 amide bonds. The first-order valence-corrected chi connectivity index (χ1v) is 14.9. The summed E-state index contributed by atoms with van der Waals surface area (Å²) in [6.45, 7) is 7.66. The number of nitrogens with one attached hydrogen (secondary N) is 1. The largest absolute Gasteiger partial charge is 0.490 e. The number of rotatable bonds is 7. The van der Waals surface area contributed by atoms with E-state index in [1.165, 1.54) is 17.8 Å². The fraction of sp³-hybridized carbons (Fsp3) is 0.394. The van der Waals surface area contributed by atoms with Gasteiger partial charge in [-0.2, -0.15) is 0 Å². The summed E-state index contributed by atoms with van der Waals surface area (Å²) in [5, 5.41) is 5.89. The minimum absolute atomic E-state index is 0.137. The highest BCUT2D eigenvalue weighted by Gasteiger charge is 2.25. The van der Waals surface area contributed by atoms with Crippen LogP contribution in [0.25, 0.3) is 32.0 Å². The van der Waals surface area contributed by atoms with Crippen molar-refractivity contribution in [3.63, 3.8) is 0 Å². The van der Waals surface area contributed by atoms with Crippen molar-refractivity contribution in [2.24, 2.45) is 0 Å². The SMILES string of the molecule is CCOC(=O)c1c(CNC(=O)OC(C)(C)C)sc2cc(-c3cccc4ccccc34)c(OC3CCCCC3)cc12. The first-order valence-electron chi connectivity index (χ1n) is 14.1. The lowest BCUT2D eigenvalue weighted by atomic mass is 9.95. The molecule has 0 unspecified atom stereocenters. The molecule has 0 aliphatic heterocycles. The van der Waals surface area contributed by atoms with E-state index in [0.29, 0.717) is 5.56 Å². The summed E-state index contributed by atoms with van der Waals surface area (Å²) in [6.07, 6.45) is 5.20. The number of thiophene rings is 1. The van der Waals surface area contributed by atoms with Gasteiger partial charge in [-0.1, -0.05) is 48.9 Å². The maximum absolute atomic E-state index is 13.2. The summed E-state index contributed by atoms with van der Waals surface area (Å²) in [5.41, 5.74) is 1.94. The van der Waals surface area contributed by atoms with Crippen LogP contribution in [0.1, 0.15) is 75.0 Å². The van der Waals surface area contributed by atoms with Crippen molar-refractivity contribution in [1.29, 1.82) is 0 Å².